The second-order valence-corrected chi connectivity index (χ2v) is 6.35. The van der Waals surface area contributed by atoms with Gasteiger partial charge in [-0.15, -0.1) is 0 Å². The van der Waals surface area contributed by atoms with Gasteiger partial charge in [0.25, 0.3) is 5.91 Å². The van der Waals surface area contributed by atoms with Gasteiger partial charge in [0.05, 0.1) is 25.9 Å². The zero-order valence-corrected chi connectivity index (χ0v) is 15.3. The van der Waals surface area contributed by atoms with E-state index in [9.17, 15) is 9.90 Å². The van der Waals surface area contributed by atoms with Gasteiger partial charge in [0.2, 0.25) is 0 Å². The van der Waals surface area contributed by atoms with Crippen molar-refractivity contribution in [2.75, 3.05) is 39.3 Å². The molecule has 3 rings (SSSR count). The summed E-state index contributed by atoms with van der Waals surface area (Å²) in [5.74, 6) is 0.739. The van der Waals surface area contributed by atoms with Crippen molar-refractivity contribution < 1.29 is 19.4 Å². The van der Waals surface area contributed by atoms with Crippen LogP contribution in [0.3, 0.4) is 0 Å². The number of aliphatic hydroxyl groups is 1. The van der Waals surface area contributed by atoms with Crippen molar-refractivity contribution in [2.45, 2.75) is 12.5 Å². The van der Waals surface area contributed by atoms with Crippen molar-refractivity contribution in [1.82, 2.24) is 5.32 Å². The van der Waals surface area contributed by atoms with Crippen LogP contribution in [0.1, 0.15) is 27.6 Å². The Bertz CT molecular complexity index is 806. The summed E-state index contributed by atoms with van der Waals surface area (Å²) in [6.45, 7) is 1.12. The SMILES string of the molecule is COc1ccc(C(=O)NCC(O)c2ccc3c(c2)CCN3C)c(OC)c1. The molecule has 0 aliphatic carbocycles. The molecule has 1 heterocycles. The molecule has 0 bridgehead atoms. The topological polar surface area (TPSA) is 71.0 Å². The van der Waals surface area contributed by atoms with E-state index in [0.29, 0.717) is 17.1 Å². The fourth-order valence-electron chi connectivity index (χ4n) is 3.18. The molecule has 2 aromatic rings. The van der Waals surface area contributed by atoms with Crippen molar-refractivity contribution in [3.63, 3.8) is 0 Å². The summed E-state index contributed by atoms with van der Waals surface area (Å²) >= 11 is 0. The van der Waals surface area contributed by atoms with E-state index in [-0.39, 0.29) is 12.5 Å². The molecule has 1 aliphatic rings. The Kier molecular flexibility index (Phi) is 5.32. The van der Waals surface area contributed by atoms with Crippen LogP contribution in [-0.4, -0.2) is 45.4 Å². The molecule has 6 heteroatoms. The van der Waals surface area contributed by atoms with Crippen molar-refractivity contribution in [3.05, 3.63) is 53.1 Å². The van der Waals surface area contributed by atoms with E-state index in [4.69, 9.17) is 9.47 Å². The summed E-state index contributed by atoms with van der Waals surface area (Å²) in [5.41, 5.74) is 3.64. The smallest absolute Gasteiger partial charge is 0.255 e. The molecule has 0 saturated heterocycles. The number of anilines is 1. The predicted octanol–water partition coefficient (Wildman–Crippen LogP) is 2.16. The number of likely N-dealkylation sites (N-methyl/N-ethyl adjacent to an activating group) is 1. The van der Waals surface area contributed by atoms with Crippen LogP contribution in [0.4, 0.5) is 5.69 Å². The number of hydrogen-bond acceptors (Lipinski definition) is 5. The molecule has 138 valence electrons. The molecule has 0 fully saturated rings. The number of hydrogen-bond donors (Lipinski definition) is 2. The Hall–Kier alpha value is -2.73. The lowest BCUT2D eigenvalue weighted by molar-refractivity contribution is 0.0913. The Morgan fingerprint density at radius 3 is 2.77 bits per heavy atom. The number of methoxy groups -OCH3 is 2. The molecule has 2 N–H and O–H groups in total. The monoisotopic (exact) mass is 356 g/mol. The van der Waals surface area contributed by atoms with Crippen LogP contribution >= 0.6 is 0 Å². The van der Waals surface area contributed by atoms with Gasteiger partial charge < -0.3 is 24.8 Å². The van der Waals surface area contributed by atoms with E-state index in [1.54, 1.807) is 25.3 Å². The third-order valence-corrected chi connectivity index (χ3v) is 4.73. The van der Waals surface area contributed by atoms with E-state index < -0.39 is 6.10 Å². The van der Waals surface area contributed by atoms with Gasteiger partial charge in [0, 0.05) is 31.9 Å². The van der Waals surface area contributed by atoms with Gasteiger partial charge >= 0.3 is 0 Å². The number of carbonyl (C=O) groups excluding carboxylic acids is 1. The lowest BCUT2D eigenvalue weighted by Gasteiger charge is -2.16. The number of fused-ring (bicyclic) bond motifs is 1. The fraction of sp³-hybridized carbons (Fsp3) is 0.350. The first-order valence-electron chi connectivity index (χ1n) is 8.55. The molecule has 1 amide bonds. The summed E-state index contributed by atoms with van der Waals surface area (Å²) in [6.07, 6.45) is 0.210. The minimum atomic E-state index is -0.764. The number of benzene rings is 2. The molecular formula is C20H24N2O4. The molecule has 0 aromatic heterocycles. The molecular weight excluding hydrogens is 332 g/mol. The van der Waals surface area contributed by atoms with Gasteiger partial charge in [0.1, 0.15) is 11.5 Å². The van der Waals surface area contributed by atoms with Crippen molar-refractivity contribution in [3.8, 4) is 11.5 Å². The van der Waals surface area contributed by atoms with Gasteiger partial charge in [-0.05, 0) is 35.7 Å². The van der Waals surface area contributed by atoms with Gasteiger partial charge in [-0.2, -0.15) is 0 Å². The Balaban J connectivity index is 1.66. The number of aliphatic hydroxyl groups excluding tert-OH is 1. The third-order valence-electron chi connectivity index (χ3n) is 4.73. The van der Waals surface area contributed by atoms with Gasteiger partial charge in [-0.25, -0.2) is 0 Å². The minimum absolute atomic E-state index is 0.128. The summed E-state index contributed by atoms with van der Waals surface area (Å²) < 4.78 is 10.4. The Morgan fingerprint density at radius 1 is 1.23 bits per heavy atom. The highest BCUT2D eigenvalue weighted by Gasteiger charge is 2.19. The number of ether oxygens (including phenoxy) is 2. The molecule has 6 nitrogen and oxygen atoms in total. The average Bonchev–Trinajstić information content (AvgIpc) is 3.05. The highest BCUT2D eigenvalue weighted by Crippen LogP contribution is 2.29. The first-order valence-corrected chi connectivity index (χ1v) is 8.55. The highest BCUT2D eigenvalue weighted by atomic mass is 16.5. The first-order chi connectivity index (χ1) is 12.5. The molecule has 1 unspecified atom stereocenters. The molecule has 0 saturated carbocycles. The third kappa shape index (κ3) is 3.60. The van der Waals surface area contributed by atoms with Crippen LogP contribution in [0.15, 0.2) is 36.4 Å². The van der Waals surface area contributed by atoms with Crippen molar-refractivity contribution >= 4 is 11.6 Å². The van der Waals surface area contributed by atoms with Crippen LogP contribution in [0.25, 0.3) is 0 Å². The quantitative estimate of drug-likeness (QED) is 0.830. The zero-order valence-electron chi connectivity index (χ0n) is 15.3. The van der Waals surface area contributed by atoms with E-state index in [0.717, 1.165) is 18.5 Å². The summed E-state index contributed by atoms with van der Waals surface area (Å²) in [4.78, 5) is 14.6. The first kappa shape index (κ1) is 18.1. The molecule has 0 spiro atoms. The number of nitrogens with zero attached hydrogens (tertiary/aromatic N) is 1. The molecule has 26 heavy (non-hydrogen) atoms. The second kappa shape index (κ2) is 7.66. The largest absolute Gasteiger partial charge is 0.497 e. The van der Waals surface area contributed by atoms with E-state index in [1.165, 1.54) is 18.4 Å². The van der Waals surface area contributed by atoms with Gasteiger partial charge in [0.15, 0.2) is 0 Å². The molecule has 1 atom stereocenters. The number of rotatable bonds is 6. The highest BCUT2D eigenvalue weighted by molar-refractivity contribution is 5.97. The maximum Gasteiger partial charge on any atom is 0.255 e. The second-order valence-electron chi connectivity index (χ2n) is 6.35. The maximum absolute atomic E-state index is 12.4. The molecule has 0 radical (unpaired) electrons. The van der Waals surface area contributed by atoms with Gasteiger partial charge in [-0.3, -0.25) is 4.79 Å². The Labute approximate surface area is 153 Å². The average molecular weight is 356 g/mol. The lowest BCUT2D eigenvalue weighted by atomic mass is 10.0. The van der Waals surface area contributed by atoms with E-state index in [1.807, 2.05) is 18.2 Å². The van der Waals surface area contributed by atoms with Crippen molar-refractivity contribution in [1.29, 1.82) is 0 Å². The number of amides is 1. The number of carbonyl (C=O) groups is 1. The van der Waals surface area contributed by atoms with Gasteiger partial charge in [-0.1, -0.05) is 12.1 Å². The van der Waals surface area contributed by atoms with Crippen LogP contribution in [0.2, 0.25) is 0 Å². The molecule has 1 aliphatic heterocycles. The molecule has 2 aromatic carbocycles. The maximum atomic E-state index is 12.4. The summed E-state index contributed by atoms with van der Waals surface area (Å²) in [5, 5.41) is 13.2. The van der Waals surface area contributed by atoms with E-state index in [2.05, 4.69) is 17.3 Å². The van der Waals surface area contributed by atoms with Crippen LogP contribution in [0.5, 0.6) is 11.5 Å². The summed E-state index contributed by atoms with van der Waals surface area (Å²) in [6, 6.07) is 10.9. The fourth-order valence-corrected chi connectivity index (χ4v) is 3.18. The van der Waals surface area contributed by atoms with Crippen LogP contribution in [0, 0.1) is 0 Å². The summed E-state index contributed by atoms with van der Waals surface area (Å²) in [7, 11) is 5.12. The van der Waals surface area contributed by atoms with Crippen LogP contribution in [-0.2, 0) is 6.42 Å². The van der Waals surface area contributed by atoms with E-state index >= 15 is 0 Å². The predicted molar refractivity (Wildman–Crippen MR) is 100 cm³/mol. The lowest BCUT2D eigenvalue weighted by Crippen LogP contribution is -2.28. The van der Waals surface area contributed by atoms with Crippen LogP contribution < -0.4 is 19.7 Å². The number of nitrogens with one attached hydrogen (secondary N) is 1. The zero-order chi connectivity index (χ0) is 18.7. The normalized spacial score (nSPS) is 13.9. The van der Waals surface area contributed by atoms with Crippen molar-refractivity contribution in [2.24, 2.45) is 0 Å². The Morgan fingerprint density at radius 2 is 2.04 bits per heavy atom. The minimum Gasteiger partial charge on any atom is -0.497 e. The standard InChI is InChI=1S/C20H24N2O4/c1-22-9-8-13-10-14(4-7-17(13)22)18(23)12-21-20(24)16-6-5-15(25-2)11-19(16)26-3/h4-7,10-11,18,23H,8-9,12H2,1-3H3,(H,21,24).